The monoisotopic (exact) mass is 128 g/mol. The van der Waals surface area contributed by atoms with Crippen molar-refractivity contribution in [3.05, 3.63) is 0 Å². The van der Waals surface area contributed by atoms with Crippen LogP contribution in [0.2, 0.25) is 0 Å². The van der Waals surface area contributed by atoms with Crippen LogP contribution in [-0.2, 0) is 4.79 Å². The van der Waals surface area contributed by atoms with E-state index in [9.17, 15) is 4.79 Å². The highest BCUT2D eigenvalue weighted by Crippen LogP contribution is 2.07. The summed E-state index contributed by atoms with van der Waals surface area (Å²) >= 11 is 0. The third-order valence-electron chi connectivity index (χ3n) is 1.62. The molecule has 0 spiro atoms. The van der Waals surface area contributed by atoms with Crippen molar-refractivity contribution in [1.29, 1.82) is 0 Å². The molecule has 0 aromatic heterocycles. The van der Waals surface area contributed by atoms with Crippen LogP contribution < -0.4 is 0 Å². The number of rotatable bonds is 4. The maximum absolute atomic E-state index is 10.9. The zero-order valence-electron chi connectivity index (χ0n) is 6.61. The number of ketones is 1. The number of hydrogen-bond acceptors (Lipinski definition) is 1. The van der Waals surface area contributed by atoms with E-state index in [2.05, 4.69) is 6.92 Å². The van der Waals surface area contributed by atoms with E-state index in [1.807, 2.05) is 13.8 Å². The SMILES string of the molecule is CCCC(C)C(=O)CC. The average Bonchev–Trinajstić information content (AvgIpc) is 1.87. The molecular weight excluding hydrogens is 112 g/mol. The van der Waals surface area contributed by atoms with Crippen molar-refractivity contribution in [3.63, 3.8) is 0 Å². The first-order valence-corrected chi connectivity index (χ1v) is 3.75. The first kappa shape index (κ1) is 8.67. The van der Waals surface area contributed by atoms with E-state index in [0.717, 1.165) is 12.8 Å². The summed E-state index contributed by atoms with van der Waals surface area (Å²) in [7, 11) is 0. The molecule has 0 N–H and O–H groups in total. The van der Waals surface area contributed by atoms with Crippen LogP contribution in [0.3, 0.4) is 0 Å². The van der Waals surface area contributed by atoms with E-state index in [-0.39, 0.29) is 0 Å². The van der Waals surface area contributed by atoms with E-state index in [4.69, 9.17) is 0 Å². The first-order valence-electron chi connectivity index (χ1n) is 3.75. The van der Waals surface area contributed by atoms with Crippen LogP contribution in [0.1, 0.15) is 40.0 Å². The minimum atomic E-state index is 0.292. The molecule has 0 fully saturated rings. The molecule has 0 aliphatic carbocycles. The molecule has 0 heterocycles. The van der Waals surface area contributed by atoms with Gasteiger partial charge in [0, 0.05) is 12.3 Å². The van der Waals surface area contributed by atoms with Crippen LogP contribution in [0.25, 0.3) is 0 Å². The molecule has 0 aromatic carbocycles. The van der Waals surface area contributed by atoms with Crippen LogP contribution in [-0.4, -0.2) is 5.78 Å². The molecule has 0 aliphatic rings. The third kappa shape index (κ3) is 3.28. The Morgan fingerprint density at radius 2 is 2.00 bits per heavy atom. The second-order valence-corrected chi connectivity index (χ2v) is 2.51. The van der Waals surface area contributed by atoms with Gasteiger partial charge in [-0.2, -0.15) is 0 Å². The van der Waals surface area contributed by atoms with Gasteiger partial charge in [-0.1, -0.05) is 27.2 Å². The largest absolute Gasteiger partial charge is 0.299 e. The van der Waals surface area contributed by atoms with Gasteiger partial charge in [-0.3, -0.25) is 4.79 Å². The van der Waals surface area contributed by atoms with Crippen molar-refractivity contribution >= 4 is 5.78 Å². The molecule has 1 heteroatoms. The van der Waals surface area contributed by atoms with Crippen molar-refractivity contribution in [2.45, 2.75) is 40.0 Å². The Balaban J connectivity index is 3.45. The second-order valence-electron chi connectivity index (χ2n) is 2.51. The zero-order chi connectivity index (χ0) is 7.28. The summed E-state index contributed by atoms with van der Waals surface area (Å²) in [6.07, 6.45) is 2.86. The fourth-order valence-corrected chi connectivity index (χ4v) is 0.942. The summed E-state index contributed by atoms with van der Waals surface area (Å²) < 4.78 is 0. The normalized spacial score (nSPS) is 13.2. The summed E-state index contributed by atoms with van der Waals surface area (Å²) in [4.78, 5) is 10.9. The Kier molecular flexibility index (Phi) is 4.37. The molecule has 0 saturated heterocycles. The molecule has 9 heavy (non-hydrogen) atoms. The van der Waals surface area contributed by atoms with Gasteiger partial charge in [0.1, 0.15) is 5.78 Å². The Labute approximate surface area is 57.5 Å². The van der Waals surface area contributed by atoms with Crippen molar-refractivity contribution in [1.82, 2.24) is 0 Å². The van der Waals surface area contributed by atoms with E-state index < -0.39 is 0 Å². The van der Waals surface area contributed by atoms with Crippen LogP contribution in [0.5, 0.6) is 0 Å². The molecule has 54 valence electrons. The standard InChI is InChI=1S/C8H16O/c1-4-6-7(3)8(9)5-2/h7H,4-6H2,1-3H3. The number of Topliss-reactive ketones (excluding diaryl/α,β-unsaturated/α-hetero) is 1. The smallest absolute Gasteiger partial charge is 0.135 e. The molecule has 0 aliphatic heterocycles. The van der Waals surface area contributed by atoms with Gasteiger partial charge in [-0.05, 0) is 6.42 Å². The Morgan fingerprint density at radius 1 is 1.44 bits per heavy atom. The molecule has 1 unspecified atom stereocenters. The van der Waals surface area contributed by atoms with E-state index >= 15 is 0 Å². The van der Waals surface area contributed by atoms with Gasteiger partial charge >= 0.3 is 0 Å². The van der Waals surface area contributed by atoms with Crippen LogP contribution in [0, 0.1) is 5.92 Å². The fraction of sp³-hybridized carbons (Fsp3) is 0.875. The highest BCUT2D eigenvalue weighted by molar-refractivity contribution is 5.80. The summed E-state index contributed by atoms with van der Waals surface area (Å²) in [6.45, 7) is 6.04. The number of carbonyl (C=O) groups is 1. The lowest BCUT2D eigenvalue weighted by atomic mass is 10.00. The summed E-state index contributed by atoms with van der Waals surface area (Å²) in [5.74, 6) is 0.692. The van der Waals surface area contributed by atoms with Crippen LogP contribution in [0.15, 0.2) is 0 Å². The van der Waals surface area contributed by atoms with E-state index in [0.29, 0.717) is 18.1 Å². The van der Waals surface area contributed by atoms with E-state index in [1.165, 1.54) is 0 Å². The van der Waals surface area contributed by atoms with Crippen molar-refractivity contribution < 1.29 is 4.79 Å². The Morgan fingerprint density at radius 3 is 2.33 bits per heavy atom. The van der Waals surface area contributed by atoms with Gasteiger partial charge in [-0.15, -0.1) is 0 Å². The average molecular weight is 128 g/mol. The number of carbonyl (C=O) groups excluding carboxylic acids is 1. The van der Waals surface area contributed by atoms with E-state index in [1.54, 1.807) is 0 Å². The predicted octanol–water partition coefficient (Wildman–Crippen LogP) is 2.40. The second kappa shape index (κ2) is 4.54. The van der Waals surface area contributed by atoms with Gasteiger partial charge < -0.3 is 0 Å². The van der Waals surface area contributed by atoms with Crippen LogP contribution >= 0.6 is 0 Å². The Bertz CT molecular complexity index is 86.6. The molecule has 1 atom stereocenters. The quantitative estimate of drug-likeness (QED) is 0.568. The maximum atomic E-state index is 10.9. The lowest BCUT2D eigenvalue weighted by Crippen LogP contribution is -2.08. The minimum Gasteiger partial charge on any atom is -0.299 e. The highest BCUT2D eigenvalue weighted by atomic mass is 16.1. The maximum Gasteiger partial charge on any atom is 0.135 e. The molecule has 0 aromatic rings. The predicted molar refractivity (Wildman–Crippen MR) is 39.4 cm³/mol. The van der Waals surface area contributed by atoms with Crippen LogP contribution in [0.4, 0.5) is 0 Å². The number of hydrogen-bond donors (Lipinski definition) is 0. The summed E-state index contributed by atoms with van der Waals surface area (Å²) in [6, 6.07) is 0. The summed E-state index contributed by atoms with van der Waals surface area (Å²) in [5, 5.41) is 0. The molecule has 0 rings (SSSR count). The van der Waals surface area contributed by atoms with Gasteiger partial charge in [0.2, 0.25) is 0 Å². The molecule has 0 radical (unpaired) electrons. The molecule has 1 nitrogen and oxygen atoms in total. The summed E-state index contributed by atoms with van der Waals surface area (Å²) in [5.41, 5.74) is 0. The van der Waals surface area contributed by atoms with Crippen molar-refractivity contribution in [2.75, 3.05) is 0 Å². The minimum absolute atomic E-state index is 0.292. The molecule has 0 bridgehead atoms. The third-order valence-corrected chi connectivity index (χ3v) is 1.62. The van der Waals surface area contributed by atoms with Gasteiger partial charge in [0.15, 0.2) is 0 Å². The van der Waals surface area contributed by atoms with Gasteiger partial charge in [-0.25, -0.2) is 0 Å². The molecule has 0 amide bonds. The highest BCUT2D eigenvalue weighted by Gasteiger charge is 2.07. The topological polar surface area (TPSA) is 17.1 Å². The first-order chi connectivity index (χ1) is 4.22. The zero-order valence-corrected chi connectivity index (χ0v) is 6.61. The fourth-order valence-electron chi connectivity index (χ4n) is 0.942. The molecule has 0 saturated carbocycles. The molecular formula is C8H16O. The Hall–Kier alpha value is -0.330. The van der Waals surface area contributed by atoms with Gasteiger partial charge in [0.25, 0.3) is 0 Å². The lowest BCUT2D eigenvalue weighted by molar-refractivity contribution is -0.122. The van der Waals surface area contributed by atoms with Crippen molar-refractivity contribution in [3.8, 4) is 0 Å². The van der Waals surface area contributed by atoms with Crippen molar-refractivity contribution in [2.24, 2.45) is 5.92 Å². The van der Waals surface area contributed by atoms with Gasteiger partial charge in [0.05, 0.1) is 0 Å². The lowest BCUT2D eigenvalue weighted by Gasteiger charge is -2.04.